The smallest absolute Gasteiger partial charge is 0.272 e. The zero-order valence-electron chi connectivity index (χ0n) is 13.3. The van der Waals surface area contributed by atoms with Gasteiger partial charge >= 0.3 is 0 Å². The summed E-state index contributed by atoms with van der Waals surface area (Å²) in [6.07, 6.45) is 9.76. The van der Waals surface area contributed by atoms with Crippen molar-refractivity contribution in [2.24, 2.45) is 0 Å². The Balaban J connectivity index is 1.77. The highest BCUT2D eigenvalue weighted by molar-refractivity contribution is 5.92. The lowest BCUT2D eigenvalue weighted by Crippen LogP contribution is -2.46. The van der Waals surface area contributed by atoms with Crippen LogP contribution in [0.1, 0.15) is 67.2 Å². The first-order valence-electron chi connectivity index (χ1n) is 8.42. The molecule has 2 aliphatic rings. The number of nitrogens with zero attached hydrogens (tertiary/aromatic N) is 3. The van der Waals surface area contributed by atoms with Crippen LogP contribution in [0.25, 0.3) is 0 Å². The molecule has 1 aliphatic carbocycles. The molecule has 1 saturated heterocycles. The molecular weight excluding hydrogens is 278 g/mol. The number of amides is 1. The van der Waals surface area contributed by atoms with E-state index in [-0.39, 0.29) is 11.9 Å². The van der Waals surface area contributed by atoms with E-state index in [9.17, 15) is 4.79 Å². The molecule has 0 bridgehead atoms. The molecule has 1 atom stereocenters. The fraction of sp³-hybridized carbons (Fsp3) is 0.706. The molecule has 120 valence electrons. The third-order valence-electron chi connectivity index (χ3n) is 4.86. The zero-order valence-corrected chi connectivity index (χ0v) is 13.3. The number of methoxy groups -OCH3 is 1. The van der Waals surface area contributed by atoms with Crippen molar-refractivity contribution in [2.45, 2.75) is 56.9 Å². The van der Waals surface area contributed by atoms with Crippen LogP contribution in [0.3, 0.4) is 0 Å². The molecule has 2 heterocycles. The fourth-order valence-electron chi connectivity index (χ4n) is 3.65. The number of aromatic nitrogens is 2. The van der Waals surface area contributed by atoms with Crippen molar-refractivity contribution >= 4 is 5.91 Å². The van der Waals surface area contributed by atoms with E-state index in [2.05, 4.69) is 9.97 Å². The standard InChI is InChI=1S/C17H25N3O2/c1-22-12-14-8-4-5-11-20(14)17(21)15-9-10-18-16(19-15)13-6-2-3-7-13/h9-10,13-14H,2-8,11-12H2,1H3/t14-/m1/s1. The maximum Gasteiger partial charge on any atom is 0.272 e. The van der Waals surface area contributed by atoms with Gasteiger partial charge in [0.05, 0.1) is 12.6 Å². The van der Waals surface area contributed by atoms with Crippen molar-refractivity contribution in [1.82, 2.24) is 14.9 Å². The second kappa shape index (κ2) is 7.18. The molecule has 2 fully saturated rings. The molecule has 1 saturated carbocycles. The molecule has 1 aromatic heterocycles. The number of piperidine rings is 1. The Morgan fingerprint density at radius 3 is 2.82 bits per heavy atom. The van der Waals surface area contributed by atoms with Gasteiger partial charge in [0, 0.05) is 25.8 Å². The highest BCUT2D eigenvalue weighted by Crippen LogP contribution is 2.32. The van der Waals surface area contributed by atoms with E-state index >= 15 is 0 Å². The van der Waals surface area contributed by atoms with Gasteiger partial charge in [0.15, 0.2) is 0 Å². The number of hydrogen-bond acceptors (Lipinski definition) is 4. The van der Waals surface area contributed by atoms with Crippen LogP contribution in [0.5, 0.6) is 0 Å². The number of rotatable bonds is 4. The molecule has 3 rings (SSSR count). The lowest BCUT2D eigenvalue weighted by atomic mass is 10.0. The van der Waals surface area contributed by atoms with Crippen molar-refractivity contribution in [3.05, 3.63) is 23.8 Å². The summed E-state index contributed by atoms with van der Waals surface area (Å²) in [6, 6.07) is 1.93. The fourth-order valence-corrected chi connectivity index (χ4v) is 3.65. The zero-order chi connectivity index (χ0) is 15.4. The molecule has 5 heteroatoms. The van der Waals surface area contributed by atoms with Gasteiger partial charge in [-0.3, -0.25) is 4.79 Å². The van der Waals surface area contributed by atoms with Crippen LogP contribution < -0.4 is 0 Å². The monoisotopic (exact) mass is 303 g/mol. The molecule has 0 N–H and O–H groups in total. The van der Waals surface area contributed by atoms with Gasteiger partial charge in [0.25, 0.3) is 5.91 Å². The Morgan fingerprint density at radius 2 is 2.05 bits per heavy atom. The van der Waals surface area contributed by atoms with Gasteiger partial charge in [-0.05, 0) is 38.2 Å². The first-order chi connectivity index (χ1) is 10.8. The number of hydrogen-bond donors (Lipinski definition) is 0. The van der Waals surface area contributed by atoms with Crippen LogP contribution in [0, 0.1) is 0 Å². The number of carbonyl (C=O) groups excluding carboxylic acids is 1. The molecule has 0 unspecified atom stereocenters. The van der Waals surface area contributed by atoms with Gasteiger partial charge < -0.3 is 9.64 Å². The lowest BCUT2D eigenvalue weighted by molar-refractivity contribution is 0.0422. The Bertz CT molecular complexity index is 512. The predicted octanol–water partition coefficient (Wildman–Crippen LogP) is 2.78. The summed E-state index contributed by atoms with van der Waals surface area (Å²) in [5.74, 6) is 1.32. The largest absolute Gasteiger partial charge is 0.383 e. The third kappa shape index (κ3) is 3.29. The molecule has 0 radical (unpaired) electrons. The Morgan fingerprint density at radius 1 is 1.27 bits per heavy atom. The SMILES string of the molecule is COC[C@H]1CCCCN1C(=O)c1ccnc(C2CCCC2)n1. The van der Waals surface area contributed by atoms with Crippen LogP contribution in [0.4, 0.5) is 0 Å². The van der Waals surface area contributed by atoms with Gasteiger partial charge in [-0.1, -0.05) is 12.8 Å². The number of ether oxygens (including phenoxy) is 1. The third-order valence-corrected chi connectivity index (χ3v) is 4.86. The average molecular weight is 303 g/mol. The Hall–Kier alpha value is -1.49. The highest BCUT2D eigenvalue weighted by atomic mass is 16.5. The Kier molecular flexibility index (Phi) is 5.03. The van der Waals surface area contributed by atoms with Crippen LogP contribution in [-0.4, -0.2) is 47.1 Å². The Labute approximate surface area is 132 Å². The summed E-state index contributed by atoms with van der Waals surface area (Å²) in [6.45, 7) is 1.40. The highest BCUT2D eigenvalue weighted by Gasteiger charge is 2.29. The molecule has 5 nitrogen and oxygen atoms in total. The van der Waals surface area contributed by atoms with E-state index in [0.29, 0.717) is 18.2 Å². The average Bonchev–Trinajstić information content (AvgIpc) is 3.10. The molecule has 0 aromatic carbocycles. The first kappa shape index (κ1) is 15.4. The molecule has 1 amide bonds. The van der Waals surface area contributed by atoms with Gasteiger partial charge in [-0.2, -0.15) is 0 Å². The van der Waals surface area contributed by atoms with E-state index < -0.39 is 0 Å². The van der Waals surface area contributed by atoms with Gasteiger partial charge in [-0.15, -0.1) is 0 Å². The van der Waals surface area contributed by atoms with E-state index in [4.69, 9.17) is 4.74 Å². The summed E-state index contributed by atoms with van der Waals surface area (Å²) in [5, 5.41) is 0. The minimum atomic E-state index is 0.0309. The number of carbonyl (C=O) groups is 1. The van der Waals surface area contributed by atoms with Crippen LogP contribution in [-0.2, 0) is 4.74 Å². The molecule has 1 aliphatic heterocycles. The lowest BCUT2D eigenvalue weighted by Gasteiger charge is -2.35. The summed E-state index contributed by atoms with van der Waals surface area (Å²) in [7, 11) is 1.69. The van der Waals surface area contributed by atoms with Gasteiger partial charge in [0.2, 0.25) is 0 Å². The molecular formula is C17H25N3O2. The second-order valence-electron chi connectivity index (χ2n) is 6.38. The quantitative estimate of drug-likeness (QED) is 0.858. The summed E-state index contributed by atoms with van der Waals surface area (Å²) in [4.78, 5) is 23.7. The van der Waals surface area contributed by atoms with Crippen molar-refractivity contribution in [3.8, 4) is 0 Å². The van der Waals surface area contributed by atoms with E-state index in [1.54, 1.807) is 19.4 Å². The molecule has 0 spiro atoms. The van der Waals surface area contributed by atoms with Crippen LogP contribution in [0.15, 0.2) is 12.3 Å². The minimum Gasteiger partial charge on any atom is -0.383 e. The van der Waals surface area contributed by atoms with Crippen molar-refractivity contribution in [2.75, 3.05) is 20.3 Å². The second-order valence-corrected chi connectivity index (χ2v) is 6.38. The summed E-state index contributed by atoms with van der Waals surface area (Å²) in [5.41, 5.74) is 0.542. The minimum absolute atomic E-state index is 0.0309. The predicted molar refractivity (Wildman–Crippen MR) is 83.8 cm³/mol. The summed E-state index contributed by atoms with van der Waals surface area (Å²) >= 11 is 0. The molecule has 1 aromatic rings. The summed E-state index contributed by atoms with van der Waals surface area (Å²) < 4.78 is 5.28. The maximum absolute atomic E-state index is 12.8. The normalized spacial score (nSPS) is 23.0. The van der Waals surface area contributed by atoms with Gasteiger partial charge in [0.1, 0.15) is 11.5 Å². The van der Waals surface area contributed by atoms with Crippen molar-refractivity contribution in [3.63, 3.8) is 0 Å². The first-order valence-corrected chi connectivity index (χ1v) is 8.42. The van der Waals surface area contributed by atoms with E-state index in [1.807, 2.05) is 4.90 Å². The van der Waals surface area contributed by atoms with Crippen molar-refractivity contribution < 1.29 is 9.53 Å². The van der Waals surface area contributed by atoms with Gasteiger partial charge in [-0.25, -0.2) is 9.97 Å². The topological polar surface area (TPSA) is 55.3 Å². The van der Waals surface area contributed by atoms with Crippen LogP contribution in [0.2, 0.25) is 0 Å². The van der Waals surface area contributed by atoms with Crippen molar-refractivity contribution in [1.29, 1.82) is 0 Å². The maximum atomic E-state index is 12.8. The number of likely N-dealkylation sites (tertiary alicyclic amines) is 1. The van der Waals surface area contributed by atoms with E-state index in [1.165, 1.54) is 12.8 Å². The molecule has 22 heavy (non-hydrogen) atoms. The van der Waals surface area contributed by atoms with E-state index in [0.717, 1.165) is 44.5 Å². The van der Waals surface area contributed by atoms with Crippen LogP contribution >= 0.6 is 0 Å².